The van der Waals surface area contributed by atoms with Gasteiger partial charge in [0.2, 0.25) is 0 Å². The molecule has 18 heavy (non-hydrogen) atoms. The van der Waals surface area contributed by atoms with Crippen LogP contribution < -0.4 is 10.5 Å². The molecule has 98 valence electrons. The van der Waals surface area contributed by atoms with Crippen molar-refractivity contribution >= 4 is 0 Å². The summed E-state index contributed by atoms with van der Waals surface area (Å²) in [6.45, 7) is 5.07. The average molecular weight is 245 g/mol. The summed E-state index contributed by atoms with van der Waals surface area (Å²) in [6.07, 6.45) is 6.08. The van der Waals surface area contributed by atoms with Crippen LogP contribution in [0.1, 0.15) is 50.7 Å². The van der Waals surface area contributed by atoms with Crippen LogP contribution in [0.4, 0.5) is 0 Å². The fourth-order valence-corrected chi connectivity index (χ4v) is 3.58. The van der Waals surface area contributed by atoms with Gasteiger partial charge >= 0.3 is 0 Å². The molecule has 0 bridgehead atoms. The summed E-state index contributed by atoms with van der Waals surface area (Å²) in [5.74, 6) is 1.08. The first-order valence-electron chi connectivity index (χ1n) is 7.07. The van der Waals surface area contributed by atoms with Crippen molar-refractivity contribution in [2.75, 3.05) is 6.54 Å². The van der Waals surface area contributed by atoms with Crippen molar-refractivity contribution in [1.82, 2.24) is 0 Å². The molecule has 0 aromatic heterocycles. The number of hydrogen-bond acceptors (Lipinski definition) is 2. The second-order valence-electron chi connectivity index (χ2n) is 6.55. The maximum absolute atomic E-state index is 6.06. The molecule has 0 spiro atoms. The molecule has 2 N–H and O–H groups in total. The lowest BCUT2D eigenvalue weighted by molar-refractivity contribution is 0.138. The highest BCUT2D eigenvalue weighted by Gasteiger charge is 2.36. The van der Waals surface area contributed by atoms with Gasteiger partial charge in [-0.2, -0.15) is 0 Å². The van der Waals surface area contributed by atoms with Crippen LogP contribution in [-0.4, -0.2) is 12.1 Å². The van der Waals surface area contributed by atoms with Crippen LogP contribution in [-0.2, 0) is 11.8 Å². The van der Waals surface area contributed by atoms with E-state index in [0.29, 0.717) is 0 Å². The van der Waals surface area contributed by atoms with Crippen LogP contribution in [0, 0.1) is 0 Å². The van der Waals surface area contributed by atoms with Crippen LogP contribution in [0.3, 0.4) is 0 Å². The molecular formula is C16H23NO. The minimum absolute atomic E-state index is 0.0491. The lowest BCUT2D eigenvalue weighted by Gasteiger charge is -2.28. The summed E-state index contributed by atoms with van der Waals surface area (Å²) < 4.78 is 6.04. The Morgan fingerprint density at radius 1 is 1.22 bits per heavy atom. The Bertz CT molecular complexity index is 458. The van der Waals surface area contributed by atoms with Gasteiger partial charge in [0.25, 0.3) is 0 Å². The molecule has 0 amide bonds. The van der Waals surface area contributed by atoms with Crippen LogP contribution >= 0.6 is 0 Å². The number of rotatable bonds is 2. The summed E-state index contributed by atoms with van der Waals surface area (Å²) >= 11 is 0. The van der Waals surface area contributed by atoms with Gasteiger partial charge in [0, 0.05) is 18.4 Å². The normalized spacial score (nSPS) is 23.7. The van der Waals surface area contributed by atoms with Crippen molar-refractivity contribution in [2.45, 2.75) is 57.0 Å². The number of nitrogens with two attached hydrogens (primary N) is 1. The van der Waals surface area contributed by atoms with E-state index < -0.39 is 0 Å². The molecule has 0 atom stereocenters. The molecule has 0 saturated heterocycles. The Morgan fingerprint density at radius 3 is 2.61 bits per heavy atom. The van der Waals surface area contributed by atoms with E-state index in [9.17, 15) is 0 Å². The summed E-state index contributed by atoms with van der Waals surface area (Å²) in [6, 6.07) is 6.78. The third-order valence-electron chi connectivity index (χ3n) is 4.63. The van der Waals surface area contributed by atoms with E-state index in [4.69, 9.17) is 10.5 Å². The average Bonchev–Trinajstić information content (AvgIpc) is 2.90. The Hall–Kier alpha value is -1.02. The molecule has 2 aliphatic rings. The highest BCUT2D eigenvalue weighted by molar-refractivity contribution is 5.44. The van der Waals surface area contributed by atoms with Gasteiger partial charge in [0.1, 0.15) is 11.4 Å². The van der Waals surface area contributed by atoms with Crippen molar-refractivity contribution in [3.05, 3.63) is 29.3 Å². The van der Waals surface area contributed by atoms with Crippen LogP contribution in [0.5, 0.6) is 5.75 Å². The van der Waals surface area contributed by atoms with Gasteiger partial charge in [-0.3, -0.25) is 0 Å². The molecule has 1 aliphatic heterocycles. The predicted molar refractivity (Wildman–Crippen MR) is 74.1 cm³/mol. The zero-order chi connectivity index (χ0) is 12.8. The molecule has 1 aromatic rings. The van der Waals surface area contributed by atoms with Gasteiger partial charge in [0.15, 0.2) is 0 Å². The lowest BCUT2D eigenvalue weighted by atomic mass is 9.78. The second-order valence-corrected chi connectivity index (χ2v) is 6.55. The first-order valence-corrected chi connectivity index (χ1v) is 7.07. The lowest BCUT2D eigenvalue weighted by Crippen LogP contribution is -2.32. The largest absolute Gasteiger partial charge is 0.487 e. The predicted octanol–water partition coefficient (Wildman–Crippen LogP) is 3.17. The van der Waals surface area contributed by atoms with E-state index in [0.717, 1.165) is 18.7 Å². The second kappa shape index (κ2) is 3.99. The fourth-order valence-electron chi connectivity index (χ4n) is 3.58. The van der Waals surface area contributed by atoms with E-state index in [2.05, 4.69) is 32.0 Å². The SMILES string of the molecule is CC1(C)Cc2ccc(C3(CN)CCCC3)cc2O1. The van der Waals surface area contributed by atoms with Gasteiger partial charge in [-0.15, -0.1) is 0 Å². The Morgan fingerprint density at radius 2 is 1.94 bits per heavy atom. The summed E-state index contributed by atoms with van der Waals surface area (Å²) in [7, 11) is 0. The highest BCUT2D eigenvalue weighted by atomic mass is 16.5. The highest BCUT2D eigenvalue weighted by Crippen LogP contribution is 2.44. The number of ether oxygens (including phenoxy) is 1. The fraction of sp³-hybridized carbons (Fsp3) is 0.625. The van der Waals surface area contributed by atoms with Gasteiger partial charge in [-0.1, -0.05) is 25.0 Å². The zero-order valence-corrected chi connectivity index (χ0v) is 11.5. The quantitative estimate of drug-likeness (QED) is 0.868. The molecule has 1 aromatic carbocycles. The summed E-state index contributed by atoms with van der Waals surface area (Å²) in [5, 5.41) is 0. The zero-order valence-electron chi connectivity index (χ0n) is 11.5. The monoisotopic (exact) mass is 245 g/mol. The van der Waals surface area contributed by atoms with Gasteiger partial charge < -0.3 is 10.5 Å². The standard InChI is InChI=1S/C16H23NO/c1-15(2)10-12-5-6-13(9-14(12)18-15)16(11-17)7-3-4-8-16/h5-6,9H,3-4,7-8,10-11,17H2,1-2H3. The molecule has 2 heteroatoms. The molecule has 2 nitrogen and oxygen atoms in total. The molecule has 3 rings (SSSR count). The molecule has 1 heterocycles. The van der Waals surface area contributed by atoms with Crippen LogP contribution in [0.15, 0.2) is 18.2 Å². The first kappa shape index (κ1) is 12.0. The van der Waals surface area contributed by atoms with E-state index >= 15 is 0 Å². The van der Waals surface area contributed by atoms with Crippen LogP contribution in [0.25, 0.3) is 0 Å². The minimum atomic E-state index is -0.0491. The van der Waals surface area contributed by atoms with Crippen molar-refractivity contribution in [2.24, 2.45) is 5.73 Å². The Balaban J connectivity index is 1.97. The van der Waals surface area contributed by atoms with E-state index in [1.807, 2.05) is 0 Å². The third kappa shape index (κ3) is 1.83. The van der Waals surface area contributed by atoms with Crippen molar-refractivity contribution < 1.29 is 4.74 Å². The minimum Gasteiger partial charge on any atom is -0.487 e. The van der Waals surface area contributed by atoms with Crippen LogP contribution in [0.2, 0.25) is 0 Å². The number of hydrogen-bond donors (Lipinski definition) is 1. The maximum Gasteiger partial charge on any atom is 0.123 e. The van der Waals surface area contributed by atoms with Crippen molar-refractivity contribution in [3.63, 3.8) is 0 Å². The Labute approximate surface area is 110 Å². The van der Waals surface area contributed by atoms with E-state index in [1.165, 1.54) is 36.8 Å². The number of benzene rings is 1. The van der Waals surface area contributed by atoms with E-state index in [1.54, 1.807) is 0 Å². The van der Waals surface area contributed by atoms with Crippen molar-refractivity contribution in [1.29, 1.82) is 0 Å². The Kier molecular flexibility index (Phi) is 2.67. The van der Waals surface area contributed by atoms with Gasteiger partial charge in [-0.05, 0) is 43.9 Å². The van der Waals surface area contributed by atoms with Gasteiger partial charge in [0.05, 0.1) is 0 Å². The van der Waals surface area contributed by atoms with Crippen molar-refractivity contribution in [3.8, 4) is 5.75 Å². The molecule has 0 radical (unpaired) electrons. The molecule has 1 aliphatic carbocycles. The molecular weight excluding hydrogens is 222 g/mol. The summed E-state index contributed by atoms with van der Waals surface area (Å²) in [5.41, 5.74) is 8.95. The third-order valence-corrected chi connectivity index (χ3v) is 4.63. The number of fused-ring (bicyclic) bond motifs is 1. The molecule has 0 unspecified atom stereocenters. The topological polar surface area (TPSA) is 35.2 Å². The smallest absolute Gasteiger partial charge is 0.123 e. The maximum atomic E-state index is 6.06. The van der Waals surface area contributed by atoms with E-state index in [-0.39, 0.29) is 11.0 Å². The first-order chi connectivity index (χ1) is 8.55. The molecule has 1 saturated carbocycles. The van der Waals surface area contributed by atoms with Gasteiger partial charge in [-0.25, -0.2) is 0 Å². The summed E-state index contributed by atoms with van der Waals surface area (Å²) in [4.78, 5) is 0. The molecule has 1 fully saturated rings.